The zero-order valence-electron chi connectivity index (χ0n) is 25.8. The van der Waals surface area contributed by atoms with E-state index in [-0.39, 0.29) is 11.8 Å². The van der Waals surface area contributed by atoms with E-state index < -0.39 is 5.66 Å². The van der Waals surface area contributed by atoms with E-state index in [9.17, 15) is 14.0 Å². The summed E-state index contributed by atoms with van der Waals surface area (Å²) in [5, 5.41) is 15.4. The minimum Gasteiger partial charge on any atom is -0.388 e. The van der Waals surface area contributed by atoms with Crippen molar-refractivity contribution in [1.29, 1.82) is 5.26 Å². The molecule has 45 heavy (non-hydrogen) atoms. The first kappa shape index (κ1) is 30.1. The molecule has 7 rings (SSSR count). The van der Waals surface area contributed by atoms with Gasteiger partial charge in [-0.25, -0.2) is 18.7 Å². The van der Waals surface area contributed by atoms with Crippen LogP contribution in [0.25, 0.3) is 21.8 Å². The van der Waals surface area contributed by atoms with Crippen molar-refractivity contribution in [2.24, 2.45) is 11.3 Å². The molecule has 0 saturated carbocycles. The zero-order chi connectivity index (χ0) is 31.3. The number of hydrogen-bond acceptors (Lipinski definition) is 6. The van der Waals surface area contributed by atoms with Crippen LogP contribution in [-0.4, -0.2) is 57.8 Å². The number of fused-ring (bicyclic) bond motifs is 2. The van der Waals surface area contributed by atoms with Gasteiger partial charge in [0, 0.05) is 66.5 Å². The van der Waals surface area contributed by atoms with Crippen LogP contribution in [0.15, 0.2) is 55.0 Å². The molecule has 0 bridgehead atoms. The Morgan fingerprint density at radius 3 is 2.64 bits per heavy atom. The van der Waals surface area contributed by atoms with Crippen LogP contribution in [0.2, 0.25) is 0 Å². The van der Waals surface area contributed by atoms with Crippen LogP contribution >= 0.6 is 9.24 Å². The van der Waals surface area contributed by atoms with Crippen LogP contribution in [0, 0.1) is 29.6 Å². The Kier molecular flexibility index (Phi) is 7.78. The number of nitrogens with one attached hydrogen (secondary N) is 1. The first-order valence-corrected chi connectivity index (χ1v) is 16.5. The van der Waals surface area contributed by atoms with Crippen LogP contribution in [0.5, 0.6) is 0 Å². The monoisotopic (exact) mass is 627 g/mol. The molecule has 7 nitrogen and oxygen atoms in total. The normalized spacial score (nSPS) is 20.4. The molecular weight excluding hydrogens is 587 g/mol. The van der Waals surface area contributed by atoms with Crippen molar-refractivity contribution >= 4 is 36.9 Å². The van der Waals surface area contributed by atoms with Gasteiger partial charge in [-0.3, -0.25) is 4.90 Å². The molecule has 3 aliphatic rings. The molecule has 10 heteroatoms. The Balaban J connectivity index is 1.00. The number of likely N-dealkylation sites (tertiary alicyclic amines) is 1. The smallest absolute Gasteiger partial charge is 0.262 e. The molecule has 2 unspecified atom stereocenters. The van der Waals surface area contributed by atoms with E-state index in [0.29, 0.717) is 11.5 Å². The highest BCUT2D eigenvalue weighted by molar-refractivity contribution is 7.18. The molecule has 3 aliphatic heterocycles. The summed E-state index contributed by atoms with van der Waals surface area (Å²) in [5.41, 5.74) is 4.38. The van der Waals surface area contributed by atoms with Crippen molar-refractivity contribution in [3.8, 4) is 6.07 Å². The molecular formula is C35H40F2N7P. The van der Waals surface area contributed by atoms with E-state index in [2.05, 4.69) is 67.4 Å². The van der Waals surface area contributed by atoms with Gasteiger partial charge in [0.1, 0.15) is 23.9 Å². The number of nitriles is 1. The van der Waals surface area contributed by atoms with E-state index in [1.165, 1.54) is 16.5 Å². The highest BCUT2D eigenvalue weighted by atomic mass is 31.0. The van der Waals surface area contributed by atoms with Crippen LogP contribution < -0.4 is 10.2 Å². The minimum absolute atomic E-state index is 0.261. The second kappa shape index (κ2) is 11.6. The Morgan fingerprint density at radius 2 is 1.93 bits per heavy atom. The van der Waals surface area contributed by atoms with Crippen molar-refractivity contribution in [3.63, 3.8) is 0 Å². The van der Waals surface area contributed by atoms with Crippen molar-refractivity contribution in [2.45, 2.75) is 57.8 Å². The first-order valence-electron chi connectivity index (χ1n) is 15.9. The Bertz CT molecular complexity index is 1790. The fourth-order valence-electron chi connectivity index (χ4n) is 7.63. The fourth-order valence-corrected chi connectivity index (χ4v) is 7.87. The molecule has 1 spiro atoms. The number of halogens is 2. The SMILES string of the molecule is C=C1CCC(Cn2c(C#N)cc3c(C)c(CN4CCC5(CC4)CN(c4ncnc6ccc(CC(F)(F)P)cc46)C5)ccc32)CN1. The maximum Gasteiger partial charge on any atom is 0.262 e. The summed E-state index contributed by atoms with van der Waals surface area (Å²) in [4.78, 5) is 13.8. The molecule has 5 heterocycles. The summed E-state index contributed by atoms with van der Waals surface area (Å²) in [5.74, 6) is 1.33. The number of aromatic nitrogens is 3. The van der Waals surface area contributed by atoms with Crippen LogP contribution in [0.3, 0.4) is 0 Å². The van der Waals surface area contributed by atoms with Crippen molar-refractivity contribution < 1.29 is 8.78 Å². The van der Waals surface area contributed by atoms with E-state index in [0.717, 1.165) is 105 Å². The zero-order valence-corrected chi connectivity index (χ0v) is 27.0. The van der Waals surface area contributed by atoms with Gasteiger partial charge in [-0.2, -0.15) is 5.26 Å². The van der Waals surface area contributed by atoms with E-state index in [1.807, 2.05) is 12.1 Å². The van der Waals surface area contributed by atoms with Crippen molar-refractivity contribution in [1.82, 2.24) is 24.8 Å². The predicted octanol–water partition coefficient (Wildman–Crippen LogP) is 6.39. The quantitative estimate of drug-likeness (QED) is 0.240. The summed E-state index contributed by atoms with van der Waals surface area (Å²) in [7, 11) is 1.63. The Labute approximate surface area is 265 Å². The maximum absolute atomic E-state index is 13.7. The predicted molar refractivity (Wildman–Crippen MR) is 178 cm³/mol. The standard InChI is InChI=1S/C35H40F2N7P/c1-23-3-4-26(17-39-23)18-44-28(16-38)14-29-24(2)27(6-8-32(29)44)19-42-11-9-34(10-12-42)20-43(21-34)33-30-13-25(15-35(36,37)45)5-7-31(30)40-22-41-33/h5-8,13-14,22,26,39H,1,3-4,9-12,15,17-21,45H2,2H3. The second-order valence-corrected chi connectivity index (χ2v) is 14.4. The number of rotatable bonds is 7. The first-order chi connectivity index (χ1) is 21.6. The Hall–Kier alpha value is -3.60. The van der Waals surface area contributed by atoms with Gasteiger partial charge >= 0.3 is 0 Å². The molecule has 0 radical (unpaired) electrons. The van der Waals surface area contributed by atoms with Gasteiger partial charge in [0.15, 0.2) is 0 Å². The van der Waals surface area contributed by atoms with Gasteiger partial charge in [0.05, 0.1) is 5.52 Å². The fraction of sp³-hybridized carbons (Fsp3) is 0.457. The average molecular weight is 628 g/mol. The molecule has 2 atom stereocenters. The lowest BCUT2D eigenvalue weighted by molar-refractivity contribution is 0.0720. The van der Waals surface area contributed by atoms with E-state index in [4.69, 9.17) is 0 Å². The number of alkyl halides is 2. The van der Waals surface area contributed by atoms with E-state index >= 15 is 0 Å². The molecule has 3 fully saturated rings. The number of allylic oxidation sites excluding steroid dienone is 1. The average Bonchev–Trinajstić information content (AvgIpc) is 3.36. The van der Waals surface area contributed by atoms with Crippen molar-refractivity contribution in [3.05, 3.63) is 77.4 Å². The third kappa shape index (κ3) is 6.03. The lowest BCUT2D eigenvalue weighted by Crippen LogP contribution is -2.60. The van der Waals surface area contributed by atoms with E-state index in [1.54, 1.807) is 21.6 Å². The lowest BCUT2D eigenvalue weighted by atomic mass is 9.72. The van der Waals surface area contributed by atoms with Gasteiger partial charge in [-0.05, 0) is 92.6 Å². The summed E-state index contributed by atoms with van der Waals surface area (Å²) in [6.07, 6.45) is 5.58. The summed E-state index contributed by atoms with van der Waals surface area (Å²) >= 11 is 0. The number of piperidine rings is 2. The van der Waals surface area contributed by atoms with Gasteiger partial charge in [-0.1, -0.05) is 28.0 Å². The van der Waals surface area contributed by atoms with Gasteiger partial charge in [-0.15, -0.1) is 0 Å². The molecule has 2 aromatic carbocycles. The number of aryl methyl sites for hydroxylation is 1. The molecule has 3 saturated heterocycles. The van der Waals surface area contributed by atoms with Gasteiger partial charge in [0.2, 0.25) is 0 Å². The molecule has 1 N–H and O–H groups in total. The third-order valence-electron chi connectivity index (χ3n) is 10.3. The highest BCUT2D eigenvalue weighted by Crippen LogP contribution is 2.44. The maximum atomic E-state index is 13.7. The van der Waals surface area contributed by atoms with Crippen LogP contribution in [0.4, 0.5) is 14.6 Å². The number of hydrogen-bond donors (Lipinski definition) is 1. The largest absolute Gasteiger partial charge is 0.388 e. The molecule has 234 valence electrons. The molecule has 0 amide bonds. The van der Waals surface area contributed by atoms with Crippen LogP contribution in [-0.2, 0) is 19.5 Å². The second-order valence-electron chi connectivity index (χ2n) is 13.5. The summed E-state index contributed by atoms with van der Waals surface area (Å²) in [6.45, 7) is 12.8. The number of nitrogens with zero attached hydrogens (tertiary/aromatic N) is 6. The number of anilines is 1. The van der Waals surface area contributed by atoms with Gasteiger partial charge in [0.25, 0.3) is 5.66 Å². The Morgan fingerprint density at radius 1 is 1.13 bits per heavy atom. The summed E-state index contributed by atoms with van der Waals surface area (Å²) < 4.78 is 29.5. The number of benzene rings is 2. The lowest BCUT2D eigenvalue weighted by Gasteiger charge is -2.54. The minimum atomic E-state index is -2.84. The highest BCUT2D eigenvalue weighted by Gasteiger charge is 2.45. The van der Waals surface area contributed by atoms with Crippen molar-refractivity contribution in [2.75, 3.05) is 37.6 Å². The van der Waals surface area contributed by atoms with Gasteiger partial charge < -0.3 is 14.8 Å². The molecule has 0 aliphatic carbocycles. The van der Waals surface area contributed by atoms with Crippen LogP contribution in [0.1, 0.15) is 48.1 Å². The molecule has 4 aromatic rings. The summed E-state index contributed by atoms with van der Waals surface area (Å²) in [6, 6.07) is 14.4. The third-order valence-corrected chi connectivity index (χ3v) is 10.5. The topological polar surface area (TPSA) is 73.0 Å². The molecule has 2 aromatic heterocycles.